The van der Waals surface area contributed by atoms with E-state index in [0.717, 1.165) is 10.0 Å². The number of rotatable bonds is 5. The predicted molar refractivity (Wildman–Crippen MR) is 117 cm³/mol. The quantitative estimate of drug-likeness (QED) is 0.556. The molecule has 4 nitrogen and oxygen atoms in total. The zero-order valence-corrected chi connectivity index (χ0v) is 19.3. The van der Waals surface area contributed by atoms with Crippen LogP contribution in [0.5, 0.6) is 0 Å². The minimum absolute atomic E-state index is 0.124. The highest BCUT2D eigenvalue weighted by Gasteiger charge is 2.56. The molecule has 29 heavy (non-hydrogen) atoms. The molecule has 0 amide bonds. The van der Waals surface area contributed by atoms with Gasteiger partial charge in [0, 0.05) is 10.9 Å². The molecule has 1 heterocycles. The lowest BCUT2D eigenvalue weighted by molar-refractivity contribution is 0.0440. The summed E-state index contributed by atoms with van der Waals surface area (Å²) >= 11 is 3.39. The lowest BCUT2D eigenvalue weighted by Crippen LogP contribution is -2.59. The largest absolute Gasteiger partial charge is 0.472 e. The van der Waals surface area contributed by atoms with Gasteiger partial charge in [-0.1, -0.05) is 53.2 Å². The van der Waals surface area contributed by atoms with Gasteiger partial charge in [0.25, 0.3) is 10.0 Å². The molecular weight excluding hydrogens is 457 g/mol. The smallest absolute Gasteiger partial charge is 0.265 e. The van der Waals surface area contributed by atoms with Crippen molar-refractivity contribution >= 4 is 31.9 Å². The summed E-state index contributed by atoms with van der Waals surface area (Å²) < 4.78 is 50.3. The molecule has 2 aromatic carbocycles. The van der Waals surface area contributed by atoms with E-state index in [-0.39, 0.29) is 30.5 Å². The van der Waals surface area contributed by atoms with Gasteiger partial charge in [0.05, 0.1) is 0 Å². The third-order valence-electron chi connectivity index (χ3n) is 5.81. The van der Waals surface area contributed by atoms with Crippen molar-refractivity contribution in [1.82, 2.24) is 0 Å². The van der Waals surface area contributed by atoms with Gasteiger partial charge in [-0.3, -0.25) is 0 Å². The highest BCUT2D eigenvalue weighted by atomic mass is 79.9. The Kier molecular flexibility index (Phi) is 5.94. The summed E-state index contributed by atoms with van der Waals surface area (Å²) in [7, 11) is -3.87. The highest BCUT2D eigenvalue weighted by Crippen LogP contribution is 2.42. The molecule has 0 saturated heterocycles. The SMILES string of the molecule is C[C@H](CC1=NS(=O)(=O)C(C)(Cc2ccc(Br)cc2)C(C)(C)O1)c1ccccc1F. The standard InChI is InChI=1S/C22H25BrFNO3S/c1-15(18-7-5-6-8-19(18)24)13-20-25-29(26,27)22(4,21(2,3)28-20)14-16-9-11-17(23)12-10-16/h5-12,15H,13-14H2,1-4H3/t15-,22?/m1/s1. The summed E-state index contributed by atoms with van der Waals surface area (Å²) in [5.74, 6) is -0.464. The molecule has 156 valence electrons. The summed E-state index contributed by atoms with van der Waals surface area (Å²) in [5, 5.41) is 0. The topological polar surface area (TPSA) is 55.7 Å². The fourth-order valence-corrected chi connectivity index (χ4v) is 5.45. The minimum Gasteiger partial charge on any atom is -0.472 e. The first-order chi connectivity index (χ1) is 13.5. The zero-order valence-electron chi connectivity index (χ0n) is 16.9. The number of hydrogen-bond acceptors (Lipinski definition) is 3. The van der Waals surface area contributed by atoms with E-state index >= 15 is 0 Å². The van der Waals surface area contributed by atoms with E-state index in [1.165, 1.54) is 6.07 Å². The maximum Gasteiger partial charge on any atom is 0.265 e. The maximum absolute atomic E-state index is 14.1. The van der Waals surface area contributed by atoms with Gasteiger partial charge in [0.2, 0.25) is 5.90 Å². The second-order valence-electron chi connectivity index (χ2n) is 8.23. The molecule has 0 spiro atoms. The minimum atomic E-state index is -3.87. The first-order valence-corrected chi connectivity index (χ1v) is 11.7. The van der Waals surface area contributed by atoms with Crippen LogP contribution < -0.4 is 0 Å². The molecule has 0 saturated carbocycles. The molecular formula is C22H25BrFNO3S. The number of halogens is 2. The second kappa shape index (κ2) is 7.84. The van der Waals surface area contributed by atoms with E-state index in [4.69, 9.17) is 4.74 Å². The third kappa shape index (κ3) is 4.26. The van der Waals surface area contributed by atoms with E-state index in [1.54, 1.807) is 39.0 Å². The van der Waals surface area contributed by atoms with Crippen molar-refractivity contribution in [3.05, 3.63) is 69.9 Å². The van der Waals surface area contributed by atoms with E-state index in [2.05, 4.69) is 20.3 Å². The lowest BCUT2D eigenvalue weighted by atomic mass is 9.85. The van der Waals surface area contributed by atoms with E-state index in [0.29, 0.717) is 5.56 Å². The Balaban J connectivity index is 1.91. The molecule has 0 N–H and O–H groups in total. The summed E-state index contributed by atoms with van der Waals surface area (Å²) in [5.41, 5.74) is 0.386. The van der Waals surface area contributed by atoms with Crippen molar-refractivity contribution in [2.24, 2.45) is 4.40 Å². The predicted octanol–water partition coefficient (Wildman–Crippen LogP) is 5.62. The van der Waals surface area contributed by atoms with E-state index < -0.39 is 20.4 Å². The highest BCUT2D eigenvalue weighted by molar-refractivity contribution is 9.10. The lowest BCUT2D eigenvalue weighted by Gasteiger charge is -2.45. The first kappa shape index (κ1) is 22.0. The summed E-state index contributed by atoms with van der Waals surface area (Å²) in [6, 6.07) is 14.0. The Bertz CT molecular complexity index is 1030. The molecule has 2 atom stereocenters. The van der Waals surface area contributed by atoms with Gasteiger partial charge >= 0.3 is 0 Å². The van der Waals surface area contributed by atoms with Crippen LogP contribution in [0.4, 0.5) is 4.39 Å². The molecule has 1 aliphatic heterocycles. The van der Waals surface area contributed by atoms with Crippen molar-refractivity contribution in [2.75, 3.05) is 0 Å². The van der Waals surface area contributed by atoms with Crippen molar-refractivity contribution in [3.63, 3.8) is 0 Å². The number of ether oxygens (including phenoxy) is 1. The molecule has 2 aromatic rings. The van der Waals surface area contributed by atoms with E-state index in [9.17, 15) is 12.8 Å². The van der Waals surface area contributed by atoms with Crippen LogP contribution in [0, 0.1) is 5.82 Å². The van der Waals surface area contributed by atoms with Gasteiger partial charge < -0.3 is 4.74 Å². The van der Waals surface area contributed by atoms with Gasteiger partial charge in [0.1, 0.15) is 16.2 Å². The van der Waals surface area contributed by atoms with Crippen LogP contribution in [0.1, 0.15) is 51.2 Å². The Morgan fingerprint density at radius 3 is 2.31 bits per heavy atom. The Hall–Kier alpha value is -1.73. The van der Waals surface area contributed by atoms with Crippen molar-refractivity contribution in [1.29, 1.82) is 0 Å². The van der Waals surface area contributed by atoms with Gasteiger partial charge in [-0.15, -0.1) is 4.40 Å². The van der Waals surface area contributed by atoms with Gasteiger partial charge in [-0.05, 0) is 62.4 Å². The first-order valence-electron chi connectivity index (χ1n) is 9.46. The molecule has 0 aromatic heterocycles. The van der Waals surface area contributed by atoms with Crippen LogP contribution >= 0.6 is 15.9 Å². The van der Waals surface area contributed by atoms with Crippen LogP contribution in [0.3, 0.4) is 0 Å². The van der Waals surface area contributed by atoms with Crippen LogP contribution in [-0.4, -0.2) is 24.7 Å². The number of hydrogen-bond donors (Lipinski definition) is 0. The van der Waals surface area contributed by atoms with Crippen LogP contribution in [-0.2, 0) is 21.2 Å². The van der Waals surface area contributed by atoms with Gasteiger partial charge in [0.15, 0.2) is 0 Å². The molecule has 0 bridgehead atoms. The van der Waals surface area contributed by atoms with Crippen molar-refractivity contribution in [2.45, 2.75) is 56.8 Å². The third-order valence-corrected chi connectivity index (χ3v) is 8.56. The van der Waals surface area contributed by atoms with Crippen molar-refractivity contribution < 1.29 is 17.5 Å². The zero-order chi connectivity index (χ0) is 21.4. The van der Waals surface area contributed by atoms with Crippen LogP contribution in [0.2, 0.25) is 0 Å². The average molecular weight is 482 g/mol. The number of sulfonamides is 1. The van der Waals surface area contributed by atoms with Gasteiger partial charge in [-0.25, -0.2) is 12.8 Å². The van der Waals surface area contributed by atoms with Crippen LogP contribution in [0.15, 0.2) is 57.4 Å². The Morgan fingerprint density at radius 2 is 1.72 bits per heavy atom. The molecule has 7 heteroatoms. The molecule has 0 fully saturated rings. The van der Waals surface area contributed by atoms with E-state index in [1.807, 2.05) is 31.2 Å². The molecule has 0 radical (unpaired) electrons. The summed E-state index contributed by atoms with van der Waals surface area (Å²) in [4.78, 5) is 0. The molecule has 0 aliphatic carbocycles. The fraction of sp³-hybridized carbons (Fsp3) is 0.409. The molecule has 1 aliphatic rings. The number of nitrogens with zero attached hydrogens (tertiary/aromatic N) is 1. The van der Waals surface area contributed by atoms with Crippen LogP contribution in [0.25, 0.3) is 0 Å². The number of benzene rings is 2. The Morgan fingerprint density at radius 1 is 1.10 bits per heavy atom. The second-order valence-corrected chi connectivity index (χ2v) is 11.2. The Labute approximate surface area is 180 Å². The molecule has 3 rings (SSSR count). The fourth-order valence-electron chi connectivity index (χ4n) is 3.59. The van der Waals surface area contributed by atoms with Gasteiger partial charge in [-0.2, -0.15) is 0 Å². The normalized spacial score (nSPS) is 23.7. The average Bonchev–Trinajstić information content (AvgIpc) is 2.62. The van der Waals surface area contributed by atoms with Crippen molar-refractivity contribution in [3.8, 4) is 0 Å². The monoisotopic (exact) mass is 481 g/mol. The molecule has 1 unspecified atom stereocenters. The summed E-state index contributed by atoms with van der Waals surface area (Å²) in [6.07, 6.45) is 0.479. The summed E-state index contributed by atoms with van der Waals surface area (Å²) in [6.45, 7) is 7.04. The maximum atomic E-state index is 14.1.